The monoisotopic (exact) mass is 360 g/mol. The number of rotatable bonds is 5. The molecular formula is C19H28N4O3. The third kappa shape index (κ3) is 4.59. The first-order chi connectivity index (χ1) is 12.7. The SMILES string of the molecule is COc1ccc(N2CCN(C(=O)NCCC(=O)N3CCCC3)CC2)cc1. The summed E-state index contributed by atoms with van der Waals surface area (Å²) in [6.45, 7) is 5.09. The molecule has 142 valence electrons. The number of nitrogens with one attached hydrogen (secondary N) is 1. The zero-order chi connectivity index (χ0) is 18.4. The van der Waals surface area contributed by atoms with E-state index in [0.29, 0.717) is 26.1 Å². The molecule has 1 aromatic rings. The Hall–Kier alpha value is -2.44. The number of nitrogens with zero attached hydrogens (tertiary/aromatic N) is 3. The van der Waals surface area contributed by atoms with Crippen LogP contribution in [0.15, 0.2) is 24.3 Å². The van der Waals surface area contributed by atoms with E-state index in [9.17, 15) is 9.59 Å². The fraction of sp³-hybridized carbons (Fsp3) is 0.579. The predicted molar refractivity (Wildman–Crippen MR) is 101 cm³/mol. The van der Waals surface area contributed by atoms with Gasteiger partial charge in [-0.3, -0.25) is 4.79 Å². The molecule has 2 saturated heterocycles. The predicted octanol–water partition coefficient (Wildman–Crippen LogP) is 1.54. The van der Waals surface area contributed by atoms with Gasteiger partial charge >= 0.3 is 6.03 Å². The molecule has 2 fully saturated rings. The molecule has 0 spiro atoms. The molecule has 0 aliphatic carbocycles. The highest BCUT2D eigenvalue weighted by atomic mass is 16.5. The minimum absolute atomic E-state index is 0.0754. The topological polar surface area (TPSA) is 65.1 Å². The number of hydrogen-bond donors (Lipinski definition) is 1. The van der Waals surface area contributed by atoms with E-state index < -0.39 is 0 Å². The lowest BCUT2D eigenvalue weighted by Crippen LogP contribution is -2.52. The quantitative estimate of drug-likeness (QED) is 0.865. The van der Waals surface area contributed by atoms with Gasteiger partial charge in [0.05, 0.1) is 7.11 Å². The Bertz CT molecular complexity index is 606. The average molecular weight is 360 g/mol. The van der Waals surface area contributed by atoms with Gasteiger partial charge in [0.1, 0.15) is 5.75 Å². The fourth-order valence-electron chi connectivity index (χ4n) is 3.47. The first kappa shape index (κ1) is 18.4. The van der Waals surface area contributed by atoms with Crippen molar-refractivity contribution >= 4 is 17.6 Å². The highest BCUT2D eigenvalue weighted by Crippen LogP contribution is 2.20. The Kier molecular flexibility index (Phi) is 6.20. The zero-order valence-corrected chi connectivity index (χ0v) is 15.4. The molecule has 3 rings (SSSR count). The Morgan fingerprint density at radius 1 is 0.962 bits per heavy atom. The molecule has 2 heterocycles. The molecule has 0 atom stereocenters. The fourth-order valence-corrected chi connectivity index (χ4v) is 3.47. The van der Waals surface area contributed by atoms with Crippen LogP contribution < -0.4 is 15.0 Å². The lowest BCUT2D eigenvalue weighted by atomic mass is 10.2. The van der Waals surface area contributed by atoms with Crippen molar-refractivity contribution in [1.82, 2.24) is 15.1 Å². The second-order valence-electron chi connectivity index (χ2n) is 6.74. The lowest BCUT2D eigenvalue weighted by Gasteiger charge is -2.36. The number of ether oxygens (including phenoxy) is 1. The number of likely N-dealkylation sites (tertiary alicyclic amines) is 1. The van der Waals surface area contributed by atoms with E-state index in [-0.39, 0.29) is 11.9 Å². The van der Waals surface area contributed by atoms with Gasteiger partial charge < -0.3 is 24.8 Å². The third-order valence-corrected chi connectivity index (χ3v) is 5.08. The lowest BCUT2D eigenvalue weighted by molar-refractivity contribution is -0.129. The van der Waals surface area contributed by atoms with Crippen molar-refractivity contribution in [1.29, 1.82) is 0 Å². The van der Waals surface area contributed by atoms with E-state index in [1.807, 2.05) is 34.1 Å². The van der Waals surface area contributed by atoms with Crippen molar-refractivity contribution in [2.24, 2.45) is 0 Å². The maximum Gasteiger partial charge on any atom is 0.317 e. The van der Waals surface area contributed by atoms with E-state index in [1.54, 1.807) is 7.11 Å². The molecule has 7 heteroatoms. The first-order valence-corrected chi connectivity index (χ1v) is 9.37. The van der Waals surface area contributed by atoms with Gasteiger partial charge in [0.2, 0.25) is 5.91 Å². The molecule has 0 saturated carbocycles. The van der Waals surface area contributed by atoms with E-state index in [0.717, 1.165) is 50.5 Å². The standard InChI is InChI=1S/C19H28N4O3/c1-26-17-6-4-16(5-7-17)21-12-14-23(15-13-21)19(25)20-9-8-18(24)22-10-2-3-11-22/h4-7H,2-3,8-15H2,1H3,(H,20,25). The summed E-state index contributed by atoms with van der Waals surface area (Å²) in [6, 6.07) is 7.91. The van der Waals surface area contributed by atoms with Gasteiger partial charge in [-0.05, 0) is 37.1 Å². The van der Waals surface area contributed by atoms with Crippen LogP contribution >= 0.6 is 0 Å². The number of benzene rings is 1. The van der Waals surface area contributed by atoms with Crippen LogP contribution in [0.25, 0.3) is 0 Å². The minimum atomic E-state index is -0.0754. The van der Waals surface area contributed by atoms with Crippen LogP contribution in [0.2, 0.25) is 0 Å². The van der Waals surface area contributed by atoms with Crippen LogP contribution in [-0.4, -0.2) is 74.7 Å². The molecule has 0 bridgehead atoms. The molecule has 0 aromatic heterocycles. The highest BCUT2D eigenvalue weighted by molar-refractivity contribution is 5.78. The van der Waals surface area contributed by atoms with Crippen LogP contribution in [0, 0.1) is 0 Å². The van der Waals surface area contributed by atoms with E-state index >= 15 is 0 Å². The molecule has 2 aliphatic rings. The molecule has 1 aromatic carbocycles. The number of methoxy groups -OCH3 is 1. The number of piperazine rings is 1. The van der Waals surface area contributed by atoms with Crippen LogP contribution in [0.4, 0.5) is 10.5 Å². The summed E-state index contributed by atoms with van der Waals surface area (Å²) < 4.78 is 5.19. The molecule has 2 aliphatic heterocycles. The van der Waals surface area contributed by atoms with Crippen LogP contribution in [0.5, 0.6) is 5.75 Å². The molecular weight excluding hydrogens is 332 g/mol. The number of carbonyl (C=O) groups is 2. The number of hydrogen-bond acceptors (Lipinski definition) is 4. The maximum absolute atomic E-state index is 12.3. The molecule has 26 heavy (non-hydrogen) atoms. The summed E-state index contributed by atoms with van der Waals surface area (Å²) in [5.74, 6) is 0.988. The first-order valence-electron chi connectivity index (χ1n) is 9.37. The zero-order valence-electron chi connectivity index (χ0n) is 15.4. The van der Waals surface area contributed by atoms with Gasteiger partial charge in [-0.25, -0.2) is 4.79 Å². The van der Waals surface area contributed by atoms with Gasteiger partial charge in [-0.2, -0.15) is 0 Å². The molecule has 3 amide bonds. The number of urea groups is 1. The van der Waals surface area contributed by atoms with E-state index in [2.05, 4.69) is 10.2 Å². The Labute approximate surface area is 154 Å². The van der Waals surface area contributed by atoms with Crippen molar-refractivity contribution in [3.63, 3.8) is 0 Å². The average Bonchev–Trinajstić information content (AvgIpc) is 3.23. The summed E-state index contributed by atoms with van der Waals surface area (Å²) in [5.41, 5.74) is 1.14. The molecule has 0 radical (unpaired) electrons. The van der Waals surface area contributed by atoms with Gasteiger partial charge in [-0.1, -0.05) is 0 Å². The van der Waals surface area contributed by atoms with Crippen molar-refractivity contribution in [2.75, 3.05) is 57.8 Å². The Balaban J connectivity index is 1.38. The second kappa shape index (κ2) is 8.78. The molecule has 7 nitrogen and oxygen atoms in total. The summed E-state index contributed by atoms with van der Waals surface area (Å²) in [5, 5.41) is 2.88. The summed E-state index contributed by atoms with van der Waals surface area (Å²) in [6.07, 6.45) is 2.57. The Morgan fingerprint density at radius 3 is 2.23 bits per heavy atom. The maximum atomic E-state index is 12.3. The summed E-state index contributed by atoms with van der Waals surface area (Å²) >= 11 is 0. The van der Waals surface area contributed by atoms with Crippen molar-refractivity contribution in [3.8, 4) is 5.75 Å². The van der Waals surface area contributed by atoms with Crippen LogP contribution in [0.3, 0.4) is 0 Å². The summed E-state index contributed by atoms with van der Waals surface area (Å²) in [4.78, 5) is 30.2. The van der Waals surface area contributed by atoms with Gasteiger partial charge in [0.15, 0.2) is 0 Å². The number of anilines is 1. The van der Waals surface area contributed by atoms with Gasteiger partial charge in [0, 0.05) is 57.9 Å². The molecule has 1 N–H and O–H groups in total. The van der Waals surface area contributed by atoms with E-state index in [1.165, 1.54) is 0 Å². The van der Waals surface area contributed by atoms with Crippen molar-refractivity contribution < 1.29 is 14.3 Å². The minimum Gasteiger partial charge on any atom is -0.497 e. The third-order valence-electron chi connectivity index (χ3n) is 5.08. The van der Waals surface area contributed by atoms with Crippen molar-refractivity contribution in [3.05, 3.63) is 24.3 Å². The van der Waals surface area contributed by atoms with E-state index in [4.69, 9.17) is 4.74 Å². The van der Waals surface area contributed by atoms with Gasteiger partial charge in [-0.15, -0.1) is 0 Å². The normalized spacial score (nSPS) is 17.3. The number of amides is 3. The largest absolute Gasteiger partial charge is 0.497 e. The van der Waals surface area contributed by atoms with Crippen molar-refractivity contribution in [2.45, 2.75) is 19.3 Å². The second-order valence-corrected chi connectivity index (χ2v) is 6.74. The highest BCUT2D eigenvalue weighted by Gasteiger charge is 2.22. The smallest absolute Gasteiger partial charge is 0.317 e. The van der Waals surface area contributed by atoms with Crippen LogP contribution in [-0.2, 0) is 4.79 Å². The summed E-state index contributed by atoms with van der Waals surface area (Å²) in [7, 11) is 1.66. The number of carbonyl (C=O) groups excluding carboxylic acids is 2. The van der Waals surface area contributed by atoms with Crippen LogP contribution in [0.1, 0.15) is 19.3 Å². The van der Waals surface area contributed by atoms with Gasteiger partial charge in [0.25, 0.3) is 0 Å². The molecule has 0 unspecified atom stereocenters. The Morgan fingerprint density at radius 2 is 1.62 bits per heavy atom.